The number of thiophene rings is 1. The Labute approximate surface area is 129 Å². The van der Waals surface area contributed by atoms with E-state index in [1.54, 1.807) is 6.07 Å². The highest BCUT2D eigenvalue weighted by Crippen LogP contribution is 2.22. The third kappa shape index (κ3) is 5.74. The highest BCUT2D eigenvalue weighted by Gasteiger charge is 2.24. The first-order valence-corrected chi connectivity index (χ1v) is 8.89. The predicted octanol–water partition coefficient (Wildman–Crippen LogP) is 1.24. The standard InChI is InChI=1S/C13H22N2O4S2/c1-9(2)11(8-15(3)4)14-21(18,19)13-6-5-10(20-13)7-12(16)17/h5-6,9,11,14H,7-8H2,1-4H3,(H,16,17). The van der Waals surface area contributed by atoms with Gasteiger partial charge in [0.1, 0.15) is 4.21 Å². The lowest BCUT2D eigenvalue weighted by molar-refractivity contribution is -0.136. The fraction of sp³-hybridized carbons (Fsp3) is 0.615. The molecule has 8 heteroatoms. The second-order valence-corrected chi connectivity index (χ2v) is 8.63. The Balaban J connectivity index is 2.89. The highest BCUT2D eigenvalue weighted by atomic mass is 32.2. The van der Waals surface area contributed by atoms with Crippen LogP contribution in [0.5, 0.6) is 0 Å². The van der Waals surface area contributed by atoms with Crippen molar-refractivity contribution in [3.63, 3.8) is 0 Å². The number of hydrogen-bond acceptors (Lipinski definition) is 5. The molecule has 0 aromatic carbocycles. The summed E-state index contributed by atoms with van der Waals surface area (Å²) in [5, 5.41) is 8.73. The molecule has 1 aromatic rings. The van der Waals surface area contributed by atoms with Crippen LogP contribution < -0.4 is 4.72 Å². The van der Waals surface area contributed by atoms with E-state index in [2.05, 4.69) is 4.72 Å². The number of carboxylic acids is 1. The van der Waals surface area contributed by atoms with Gasteiger partial charge >= 0.3 is 5.97 Å². The number of likely N-dealkylation sites (N-methyl/N-ethyl adjacent to an activating group) is 1. The number of rotatable bonds is 8. The van der Waals surface area contributed by atoms with Gasteiger partial charge in [-0.15, -0.1) is 11.3 Å². The molecule has 0 aliphatic carbocycles. The normalized spacial score (nSPS) is 13.8. The molecular weight excluding hydrogens is 312 g/mol. The summed E-state index contributed by atoms with van der Waals surface area (Å²) in [6.45, 7) is 4.52. The van der Waals surface area contributed by atoms with Crippen LogP contribution >= 0.6 is 11.3 Å². The Kier molecular flexibility index (Phi) is 6.33. The van der Waals surface area contributed by atoms with Gasteiger partial charge in [-0.1, -0.05) is 13.8 Å². The molecule has 0 bridgehead atoms. The molecule has 2 N–H and O–H groups in total. The van der Waals surface area contributed by atoms with Crippen LogP contribution in [-0.4, -0.2) is 51.1 Å². The van der Waals surface area contributed by atoms with Crippen molar-refractivity contribution in [2.24, 2.45) is 5.92 Å². The Morgan fingerprint density at radius 1 is 1.38 bits per heavy atom. The summed E-state index contributed by atoms with van der Waals surface area (Å²) in [5.74, 6) is -0.818. The summed E-state index contributed by atoms with van der Waals surface area (Å²) in [5.41, 5.74) is 0. The smallest absolute Gasteiger partial charge is 0.308 e. The third-order valence-corrected chi connectivity index (χ3v) is 5.97. The number of hydrogen-bond donors (Lipinski definition) is 2. The predicted molar refractivity (Wildman–Crippen MR) is 83.2 cm³/mol. The molecule has 0 radical (unpaired) electrons. The number of aliphatic carboxylic acids is 1. The van der Waals surface area contributed by atoms with Crippen LogP contribution in [0.4, 0.5) is 0 Å². The molecule has 21 heavy (non-hydrogen) atoms. The van der Waals surface area contributed by atoms with Crippen molar-refractivity contribution in [2.45, 2.75) is 30.5 Å². The molecule has 1 aromatic heterocycles. The minimum absolute atomic E-state index is 0.153. The summed E-state index contributed by atoms with van der Waals surface area (Å²) >= 11 is 0.996. The maximum Gasteiger partial charge on any atom is 0.308 e. The summed E-state index contributed by atoms with van der Waals surface area (Å²) in [6, 6.07) is 2.80. The van der Waals surface area contributed by atoms with Gasteiger partial charge in [-0.3, -0.25) is 4.79 Å². The number of carboxylic acid groups (broad SMARTS) is 1. The van der Waals surface area contributed by atoms with Crippen LogP contribution in [0.3, 0.4) is 0 Å². The van der Waals surface area contributed by atoms with Crippen LogP contribution in [0, 0.1) is 5.92 Å². The van der Waals surface area contributed by atoms with Gasteiger partial charge < -0.3 is 10.0 Å². The zero-order valence-corrected chi connectivity index (χ0v) is 14.3. The summed E-state index contributed by atoms with van der Waals surface area (Å²) < 4.78 is 27.6. The van der Waals surface area contributed by atoms with Crippen molar-refractivity contribution in [2.75, 3.05) is 20.6 Å². The van der Waals surface area contributed by atoms with E-state index in [4.69, 9.17) is 5.11 Å². The van der Waals surface area contributed by atoms with Gasteiger partial charge in [0.25, 0.3) is 0 Å². The topological polar surface area (TPSA) is 86.7 Å². The Morgan fingerprint density at radius 3 is 2.48 bits per heavy atom. The molecule has 0 aliphatic rings. The van der Waals surface area contributed by atoms with Crippen molar-refractivity contribution >= 4 is 27.3 Å². The van der Waals surface area contributed by atoms with Crippen molar-refractivity contribution in [3.8, 4) is 0 Å². The molecule has 1 rings (SSSR count). The number of carbonyl (C=O) groups is 1. The van der Waals surface area contributed by atoms with E-state index in [0.29, 0.717) is 11.4 Å². The van der Waals surface area contributed by atoms with Gasteiger partial charge in [0, 0.05) is 17.5 Å². The van der Waals surface area contributed by atoms with Crippen molar-refractivity contribution < 1.29 is 18.3 Å². The number of nitrogens with zero attached hydrogens (tertiary/aromatic N) is 1. The lowest BCUT2D eigenvalue weighted by Crippen LogP contribution is -2.44. The van der Waals surface area contributed by atoms with E-state index < -0.39 is 16.0 Å². The Hall–Kier alpha value is -0.960. The minimum atomic E-state index is -3.62. The highest BCUT2D eigenvalue weighted by molar-refractivity contribution is 7.91. The van der Waals surface area contributed by atoms with E-state index in [1.807, 2.05) is 32.8 Å². The van der Waals surface area contributed by atoms with Crippen LogP contribution in [0.2, 0.25) is 0 Å². The second kappa shape index (κ2) is 7.35. The van der Waals surface area contributed by atoms with Crippen molar-refractivity contribution in [3.05, 3.63) is 17.0 Å². The quantitative estimate of drug-likeness (QED) is 0.747. The van der Waals surface area contributed by atoms with E-state index in [1.165, 1.54) is 6.07 Å². The third-order valence-electron chi connectivity index (χ3n) is 2.90. The van der Waals surface area contributed by atoms with E-state index in [0.717, 1.165) is 11.3 Å². The summed E-state index contributed by atoms with van der Waals surface area (Å²) in [4.78, 5) is 13.1. The largest absolute Gasteiger partial charge is 0.481 e. The van der Waals surface area contributed by atoms with Gasteiger partial charge in [-0.05, 0) is 32.1 Å². The number of sulfonamides is 1. The zero-order chi connectivity index (χ0) is 16.2. The Morgan fingerprint density at radius 2 is 2.00 bits per heavy atom. The second-order valence-electron chi connectivity index (χ2n) is 5.53. The molecular formula is C13H22N2O4S2. The van der Waals surface area contributed by atoms with Crippen molar-refractivity contribution in [1.29, 1.82) is 0 Å². The van der Waals surface area contributed by atoms with Gasteiger partial charge in [-0.2, -0.15) is 0 Å². The fourth-order valence-corrected chi connectivity index (χ4v) is 4.52. The zero-order valence-electron chi connectivity index (χ0n) is 12.7. The van der Waals surface area contributed by atoms with Crippen LogP contribution in [0.15, 0.2) is 16.3 Å². The summed E-state index contributed by atoms with van der Waals surface area (Å²) in [6.07, 6.45) is -0.161. The first-order valence-electron chi connectivity index (χ1n) is 6.59. The first-order chi connectivity index (χ1) is 9.61. The van der Waals surface area contributed by atoms with E-state index in [9.17, 15) is 13.2 Å². The SMILES string of the molecule is CC(C)C(CN(C)C)NS(=O)(=O)c1ccc(CC(=O)O)s1. The Bertz CT molecular complexity index is 579. The fourth-order valence-electron chi connectivity index (χ4n) is 1.78. The van der Waals surface area contributed by atoms with Crippen LogP contribution in [0.25, 0.3) is 0 Å². The molecule has 1 atom stereocenters. The molecule has 0 aliphatic heterocycles. The maximum atomic E-state index is 12.4. The molecule has 0 saturated carbocycles. The molecule has 1 heterocycles. The van der Waals surface area contributed by atoms with Gasteiger partial charge in [0.2, 0.25) is 10.0 Å². The number of nitrogens with one attached hydrogen (secondary N) is 1. The van der Waals surface area contributed by atoms with E-state index in [-0.39, 0.29) is 22.6 Å². The average Bonchev–Trinajstić information content (AvgIpc) is 2.75. The van der Waals surface area contributed by atoms with Gasteiger partial charge in [0.15, 0.2) is 0 Å². The molecule has 0 spiro atoms. The van der Waals surface area contributed by atoms with Gasteiger partial charge in [-0.25, -0.2) is 13.1 Å². The first kappa shape index (κ1) is 18.1. The molecule has 0 saturated heterocycles. The lowest BCUT2D eigenvalue weighted by atomic mass is 10.1. The molecule has 0 fully saturated rings. The van der Waals surface area contributed by atoms with Crippen molar-refractivity contribution in [1.82, 2.24) is 9.62 Å². The van der Waals surface area contributed by atoms with Crippen LogP contribution in [0.1, 0.15) is 18.7 Å². The molecule has 1 unspecified atom stereocenters. The minimum Gasteiger partial charge on any atom is -0.481 e. The van der Waals surface area contributed by atoms with Gasteiger partial charge in [0.05, 0.1) is 6.42 Å². The maximum absolute atomic E-state index is 12.4. The monoisotopic (exact) mass is 334 g/mol. The summed E-state index contributed by atoms with van der Waals surface area (Å²) in [7, 11) is 0.161. The molecule has 120 valence electrons. The van der Waals surface area contributed by atoms with Crippen LogP contribution in [-0.2, 0) is 21.2 Å². The average molecular weight is 334 g/mol. The molecule has 6 nitrogen and oxygen atoms in total. The molecule has 0 amide bonds. The van der Waals surface area contributed by atoms with E-state index >= 15 is 0 Å². The lowest BCUT2D eigenvalue weighted by Gasteiger charge is -2.25.